The average molecular weight is 354 g/mol. The smallest absolute Gasteiger partial charge is 0.302 e. The number of hydrogen-bond donors (Lipinski definition) is 1. The molecule has 0 aliphatic rings. The van der Waals surface area contributed by atoms with Crippen LogP contribution in [-0.2, 0) is 19.6 Å². The summed E-state index contributed by atoms with van der Waals surface area (Å²) in [5.41, 5.74) is 0.700. The van der Waals surface area contributed by atoms with Crippen LogP contribution in [0, 0.1) is 0 Å². The van der Waals surface area contributed by atoms with Crippen LogP contribution in [0.1, 0.15) is 18.5 Å². The molecule has 0 aliphatic carbocycles. The fourth-order valence-corrected chi connectivity index (χ4v) is 3.29. The van der Waals surface area contributed by atoms with Gasteiger partial charge in [-0.1, -0.05) is 41.9 Å². The van der Waals surface area contributed by atoms with E-state index in [1.165, 1.54) is 31.2 Å². The molecule has 23 heavy (non-hydrogen) atoms. The van der Waals surface area contributed by atoms with Gasteiger partial charge >= 0.3 is 5.97 Å². The van der Waals surface area contributed by atoms with Crippen molar-refractivity contribution in [1.29, 1.82) is 0 Å². The van der Waals surface area contributed by atoms with Crippen LogP contribution in [0.2, 0.25) is 5.02 Å². The van der Waals surface area contributed by atoms with Crippen molar-refractivity contribution in [1.82, 2.24) is 4.72 Å². The topological polar surface area (TPSA) is 72.5 Å². The molecular formula is C16H16ClNO4S. The minimum Gasteiger partial charge on any atom is -0.464 e. The molecule has 2 rings (SSSR count). The second kappa shape index (κ2) is 7.59. The molecule has 2 aromatic rings. The quantitative estimate of drug-likeness (QED) is 0.810. The molecule has 2 aromatic carbocycles. The van der Waals surface area contributed by atoms with Gasteiger partial charge in [0.2, 0.25) is 10.0 Å². The molecule has 0 fully saturated rings. The van der Waals surface area contributed by atoms with E-state index in [4.69, 9.17) is 16.3 Å². The first-order chi connectivity index (χ1) is 10.9. The standard InChI is InChI=1S/C16H16ClNO4S/c1-12(19)22-11-16(13-5-3-2-4-6-13)18-23(20,21)15-9-7-14(17)8-10-15/h2-10,16,18H,11H2,1H3/t16-/m1/s1. The normalized spacial score (nSPS) is 12.6. The average Bonchev–Trinajstić information content (AvgIpc) is 2.52. The lowest BCUT2D eigenvalue weighted by Gasteiger charge is -2.19. The molecular weight excluding hydrogens is 338 g/mol. The van der Waals surface area contributed by atoms with Crippen molar-refractivity contribution in [2.24, 2.45) is 0 Å². The van der Waals surface area contributed by atoms with Crippen LogP contribution in [0.4, 0.5) is 0 Å². The molecule has 122 valence electrons. The van der Waals surface area contributed by atoms with Crippen LogP contribution >= 0.6 is 11.6 Å². The van der Waals surface area contributed by atoms with Crippen LogP contribution in [0.5, 0.6) is 0 Å². The first-order valence-electron chi connectivity index (χ1n) is 6.85. The van der Waals surface area contributed by atoms with Crippen LogP contribution in [-0.4, -0.2) is 21.0 Å². The molecule has 0 bridgehead atoms. The van der Waals surface area contributed by atoms with Crippen molar-refractivity contribution < 1.29 is 17.9 Å². The van der Waals surface area contributed by atoms with E-state index in [2.05, 4.69) is 4.72 Å². The van der Waals surface area contributed by atoms with Gasteiger partial charge in [-0.15, -0.1) is 0 Å². The molecule has 0 unspecified atom stereocenters. The minimum atomic E-state index is -3.77. The second-order valence-corrected chi connectivity index (χ2v) is 6.99. The molecule has 0 amide bonds. The highest BCUT2D eigenvalue weighted by molar-refractivity contribution is 7.89. The summed E-state index contributed by atoms with van der Waals surface area (Å²) in [5, 5.41) is 0.448. The largest absolute Gasteiger partial charge is 0.464 e. The Bertz CT molecular complexity index is 760. The van der Waals surface area contributed by atoms with Gasteiger partial charge in [0.05, 0.1) is 10.9 Å². The highest BCUT2D eigenvalue weighted by atomic mass is 35.5. The number of ether oxygens (including phenoxy) is 1. The summed E-state index contributed by atoms with van der Waals surface area (Å²) in [6.07, 6.45) is 0. The van der Waals surface area contributed by atoms with E-state index in [-0.39, 0.29) is 11.5 Å². The van der Waals surface area contributed by atoms with Gasteiger partial charge in [-0.25, -0.2) is 13.1 Å². The molecule has 1 atom stereocenters. The Morgan fingerprint density at radius 1 is 1.13 bits per heavy atom. The van der Waals surface area contributed by atoms with Crippen molar-refractivity contribution >= 4 is 27.6 Å². The Kier molecular flexibility index (Phi) is 5.76. The summed E-state index contributed by atoms with van der Waals surface area (Å²) in [7, 11) is -3.77. The van der Waals surface area contributed by atoms with Gasteiger partial charge in [-0.3, -0.25) is 4.79 Å². The molecule has 0 aromatic heterocycles. The predicted molar refractivity (Wildman–Crippen MR) is 87.6 cm³/mol. The summed E-state index contributed by atoms with van der Waals surface area (Å²) in [6.45, 7) is 1.18. The zero-order valence-corrected chi connectivity index (χ0v) is 14.0. The number of carbonyl (C=O) groups is 1. The highest BCUT2D eigenvalue weighted by Crippen LogP contribution is 2.19. The number of carbonyl (C=O) groups excluding carboxylic acids is 1. The summed E-state index contributed by atoms with van der Waals surface area (Å²) in [5.74, 6) is -0.475. The summed E-state index contributed by atoms with van der Waals surface area (Å²) in [6, 6.07) is 14.1. The lowest BCUT2D eigenvalue weighted by Crippen LogP contribution is -2.32. The number of esters is 1. The fraction of sp³-hybridized carbons (Fsp3) is 0.188. The van der Waals surface area contributed by atoms with E-state index in [1.807, 2.05) is 6.07 Å². The van der Waals surface area contributed by atoms with E-state index in [0.717, 1.165) is 0 Å². The van der Waals surface area contributed by atoms with E-state index in [9.17, 15) is 13.2 Å². The number of hydrogen-bond acceptors (Lipinski definition) is 4. The van der Waals surface area contributed by atoms with Gasteiger partial charge in [0.15, 0.2) is 0 Å². The van der Waals surface area contributed by atoms with Crippen molar-refractivity contribution in [2.75, 3.05) is 6.61 Å². The SMILES string of the molecule is CC(=O)OC[C@@H](NS(=O)(=O)c1ccc(Cl)cc1)c1ccccc1. The number of halogens is 1. The van der Waals surface area contributed by atoms with Crippen molar-refractivity contribution in [2.45, 2.75) is 17.9 Å². The maximum atomic E-state index is 12.5. The lowest BCUT2D eigenvalue weighted by atomic mass is 10.1. The predicted octanol–water partition coefficient (Wildman–Crippen LogP) is 2.92. The summed E-state index contributed by atoms with van der Waals surface area (Å²) < 4.78 is 32.5. The third-order valence-corrected chi connectivity index (χ3v) is 4.82. The number of sulfonamides is 1. The van der Waals surface area contributed by atoms with Crippen LogP contribution < -0.4 is 4.72 Å². The second-order valence-electron chi connectivity index (χ2n) is 4.84. The maximum Gasteiger partial charge on any atom is 0.302 e. The minimum absolute atomic E-state index is 0.0886. The number of benzene rings is 2. The molecule has 1 N–H and O–H groups in total. The molecule has 5 nitrogen and oxygen atoms in total. The van der Waals surface area contributed by atoms with Crippen LogP contribution in [0.3, 0.4) is 0 Å². The van der Waals surface area contributed by atoms with Gasteiger partial charge in [0.1, 0.15) is 6.61 Å². The molecule has 0 aliphatic heterocycles. The van der Waals surface area contributed by atoms with Crippen LogP contribution in [0.25, 0.3) is 0 Å². The highest BCUT2D eigenvalue weighted by Gasteiger charge is 2.22. The van der Waals surface area contributed by atoms with Gasteiger partial charge in [0.25, 0.3) is 0 Å². The summed E-state index contributed by atoms with van der Waals surface area (Å²) >= 11 is 5.78. The van der Waals surface area contributed by atoms with Gasteiger partial charge in [0, 0.05) is 11.9 Å². The molecule has 0 spiro atoms. The Morgan fingerprint density at radius 2 is 1.74 bits per heavy atom. The summed E-state index contributed by atoms with van der Waals surface area (Å²) in [4.78, 5) is 11.1. The van der Waals surface area contributed by atoms with Gasteiger partial charge in [-0.2, -0.15) is 0 Å². The van der Waals surface area contributed by atoms with E-state index in [0.29, 0.717) is 10.6 Å². The number of rotatable bonds is 6. The van der Waals surface area contributed by atoms with Crippen molar-refractivity contribution in [3.63, 3.8) is 0 Å². The molecule has 0 saturated heterocycles. The Morgan fingerprint density at radius 3 is 2.30 bits per heavy atom. The zero-order valence-electron chi connectivity index (χ0n) is 12.4. The molecule has 0 saturated carbocycles. The maximum absolute atomic E-state index is 12.5. The van der Waals surface area contributed by atoms with Crippen LogP contribution in [0.15, 0.2) is 59.5 Å². The third kappa shape index (κ3) is 5.06. The molecule has 0 radical (unpaired) electrons. The Hall–Kier alpha value is -1.89. The van der Waals surface area contributed by atoms with Gasteiger partial charge in [-0.05, 0) is 29.8 Å². The van der Waals surface area contributed by atoms with Crippen molar-refractivity contribution in [3.05, 3.63) is 65.2 Å². The zero-order chi connectivity index (χ0) is 16.9. The molecule has 7 heteroatoms. The number of nitrogens with one attached hydrogen (secondary N) is 1. The van der Waals surface area contributed by atoms with Crippen molar-refractivity contribution in [3.8, 4) is 0 Å². The van der Waals surface area contributed by atoms with E-state index >= 15 is 0 Å². The Labute approximate surface area is 140 Å². The van der Waals surface area contributed by atoms with E-state index < -0.39 is 22.0 Å². The molecule has 0 heterocycles. The first kappa shape index (κ1) is 17.5. The fourth-order valence-electron chi connectivity index (χ4n) is 1.95. The monoisotopic (exact) mass is 353 g/mol. The Balaban J connectivity index is 2.25. The first-order valence-corrected chi connectivity index (χ1v) is 8.71. The van der Waals surface area contributed by atoms with Gasteiger partial charge < -0.3 is 4.74 Å². The third-order valence-electron chi connectivity index (χ3n) is 3.08. The van der Waals surface area contributed by atoms with E-state index in [1.54, 1.807) is 24.3 Å². The lowest BCUT2D eigenvalue weighted by molar-refractivity contribution is -0.141.